The molecule has 76 valence electrons. The number of nitrogens with zero attached hydrogens (tertiary/aromatic N) is 2. The van der Waals surface area contributed by atoms with Crippen molar-refractivity contribution in [3.63, 3.8) is 0 Å². The zero-order valence-electron chi connectivity index (χ0n) is 7.09. The van der Waals surface area contributed by atoms with Crippen molar-refractivity contribution in [3.05, 3.63) is 11.8 Å². The van der Waals surface area contributed by atoms with Crippen LogP contribution in [0.15, 0.2) is 11.8 Å². The predicted molar refractivity (Wildman–Crippen MR) is 39.8 cm³/mol. The molecule has 0 aromatic heterocycles. The van der Waals surface area contributed by atoms with Gasteiger partial charge in [-0.3, -0.25) is 0 Å². The SMILES string of the molecule is CN1C(=O)NC(C(F)(F)F)=CC1C#N. The van der Waals surface area contributed by atoms with Crippen LogP contribution in [0, 0.1) is 11.3 Å². The molecule has 0 spiro atoms. The molecule has 0 radical (unpaired) electrons. The Kier molecular flexibility index (Phi) is 2.38. The molecule has 1 aliphatic heterocycles. The number of carbonyl (C=O) groups excluding carboxylic acids is 1. The minimum Gasteiger partial charge on any atom is -0.308 e. The maximum Gasteiger partial charge on any atom is 0.431 e. The highest BCUT2D eigenvalue weighted by Gasteiger charge is 2.39. The number of amides is 2. The van der Waals surface area contributed by atoms with E-state index in [-0.39, 0.29) is 0 Å². The topological polar surface area (TPSA) is 56.1 Å². The molecule has 0 aromatic carbocycles. The van der Waals surface area contributed by atoms with Crippen LogP contribution in [0.4, 0.5) is 18.0 Å². The Labute approximate surface area is 77.6 Å². The highest BCUT2D eigenvalue weighted by Crippen LogP contribution is 2.26. The summed E-state index contributed by atoms with van der Waals surface area (Å²) in [6, 6.07) is -0.544. The van der Waals surface area contributed by atoms with Crippen LogP contribution >= 0.6 is 0 Å². The number of rotatable bonds is 0. The number of allylic oxidation sites excluding steroid dienone is 1. The van der Waals surface area contributed by atoms with Crippen LogP contribution in [0.3, 0.4) is 0 Å². The number of nitriles is 1. The molecule has 1 rings (SSSR count). The number of urea groups is 1. The average molecular weight is 205 g/mol. The van der Waals surface area contributed by atoms with Gasteiger partial charge in [-0.1, -0.05) is 0 Å². The molecule has 0 aliphatic carbocycles. The summed E-state index contributed by atoms with van der Waals surface area (Å²) in [5, 5.41) is 10.1. The predicted octanol–water partition coefficient (Wildman–Crippen LogP) is 0.980. The minimum atomic E-state index is -4.63. The van der Waals surface area contributed by atoms with Crippen LogP contribution in [0.5, 0.6) is 0 Å². The van der Waals surface area contributed by atoms with Crippen molar-refractivity contribution in [2.24, 2.45) is 0 Å². The number of hydrogen-bond acceptors (Lipinski definition) is 2. The second kappa shape index (κ2) is 3.21. The Morgan fingerprint density at radius 3 is 2.64 bits per heavy atom. The zero-order valence-corrected chi connectivity index (χ0v) is 7.09. The van der Waals surface area contributed by atoms with Crippen LogP contribution in [-0.2, 0) is 0 Å². The molecule has 14 heavy (non-hydrogen) atoms. The lowest BCUT2D eigenvalue weighted by molar-refractivity contribution is -0.0970. The molecule has 7 heteroatoms. The lowest BCUT2D eigenvalue weighted by atomic mass is 10.2. The van der Waals surface area contributed by atoms with E-state index in [2.05, 4.69) is 0 Å². The van der Waals surface area contributed by atoms with Crippen molar-refractivity contribution in [3.8, 4) is 6.07 Å². The number of likely N-dealkylation sites (N-methyl/N-ethyl adjacent to an activating group) is 1. The maximum atomic E-state index is 12.1. The molecule has 0 bridgehead atoms. The molecule has 4 nitrogen and oxygen atoms in total. The van der Waals surface area contributed by atoms with Crippen molar-refractivity contribution in [1.82, 2.24) is 10.2 Å². The first-order valence-corrected chi connectivity index (χ1v) is 3.58. The lowest BCUT2D eigenvalue weighted by Crippen LogP contribution is -2.49. The molecule has 1 aliphatic rings. The molecule has 1 N–H and O–H groups in total. The van der Waals surface area contributed by atoms with E-state index in [1.807, 2.05) is 0 Å². The average Bonchev–Trinajstić information content (AvgIpc) is 2.07. The van der Waals surface area contributed by atoms with Gasteiger partial charge in [0.2, 0.25) is 0 Å². The summed E-state index contributed by atoms with van der Waals surface area (Å²) in [5.41, 5.74) is -1.19. The molecule has 1 heterocycles. The van der Waals surface area contributed by atoms with Crippen LogP contribution in [-0.4, -0.2) is 30.2 Å². The molecule has 2 amide bonds. The van der Waals surface area contributed by atoms with Crippen LogP contribution in [0.25, 0.3) is 0 Å². The van der Waals surface area contributed by atoms with E-state index in [4.69, 9.17) is 5.26 Å². The minimum absolute atomic E-state index is 0.668. The number of alkyl halides is 3. The maximum absolute atomic E-state index is 12.1. The summed E-state index contributed by atoms with van der Waals surface area (Å²) in [7, 11) is 1.24. The normalized spacial score (nSPS) is 22.5. The molecular formula is C7H6F3N3O. The smallest absolute Gasteiger partial charge is 0.308 e. The van der Waals surface area contributed by atoms with Gasteiger partial charge in [0.1, 0.15) is 11.7 Å². The van der Waals surface area contributed by atoms with Gasteiger partial charge in [0.25, 0.3) is 0 Å². The van der Waals surface area contributed by atoms with Crippen molar-refractivity contribution in [2.45, 2.75) is 12.2 Å². The Balaban J connectivity index is 3.02. The first-order valence-electron chi connectivity index (χ1n) is 3.58. The molecular weight excluding hydrogens is 199 g/mol. The summed E-state index contributed by atoms with van der Waals surface area (Å²) in [6.07, 6.45) is -3.96. The Morgan fingerprint density at radius 1 is 1.64 bits per heavy atom. The lowest BCUT2D eigenvalue weighted by Gasteiger charge is -2.28. The summed E-state index contributed by atoms with van der Waals surface area (Å²) in [6.45, 7) is 0. The first kappa shape index (κ1) is 10.4. The van der Waals surface area contributed by atoms with Crippen molar-refractivity contribution in [1.29, 1.82) is 5.26 Å². The number of carbonyl (C=O) groups is 1. The van der Waals surface area contributed by atoms with Gasteiger partial charge < -0.3 is 10.2 Å². The monoisotopic (exact) mass is 205 g/mol. The van der Waals surface area contributed by atoms with E-state index in [1.165, 1.54) is 7.05 Å². The third-order valence-corrected chi connectivity index (χ3v) is 1.74. The summed E-state index contributed by atoms with van der Waals surface area (Å²) in [4.78, 5) is 11.8. The summed E-state index contributed by atoms with van der Waals surface area (Å²) in [5.74, 6) is 0. The standard InChI is InChI=1S/C7H6F3N3O/c1-13-4(3-11)2-5(7(8,9)10)12-6(13)14/h2,4H,1H3,(H,12,14). The quantitative estimate of drug-likeness (QED) is 0.640. The van der Waals surface area contributed by atoms with Gasteiger partial charge in [0.05, 0.1) is 6.07 Å². The second-order valence-electron chi connectivity index (χ2n) is 2.69. The van der Waals surface area contributed by atoms with E-state index in [0.29, 0.717) is 6.08 Å². The largest absolute Gasteiger partial charge is 0.431 e. The van der Waals surface area contributed by atoms with Crippen LogP contribution in [0.2, 0.25) is 0 Å². The molecule has 0 aromatic rings. The van der Waals surface area contributed by atoms with Crippen molar-refractivity contribution in [2.75, 3.05) is 7.05 Å². The van der Waals surface area contributed by atoms with E-state index >= 15 is 0 Å². The molecule has 1 atom stereocenters. The summed E-state index contributed by atoms with van der Waals surface area (Å²) >= 11 is 0. The van der Waals surface area contributed by atoms with Gasteiger partial charge in [0, 0.05) is 7.05 Å². The van der Waals surface area contributed by atoms with Gasteiger partial charge in [-0.05, 0) is 6.08 Å². The highest BCUT2D eigenvalue weighted by atomic mass is 19.4. The van der Waals surface area contributed by atoms with Crippen molar-refractivity contribution < 1.29 is 18.0 Å². The van der Waals surface area contributed by atoms with E-state index in [0.717, 1.165) is 4.90 Å². The zero-order chi connectivity index (χ0) is 10.9. The Hall–Kier alpha value is -1.71. The second-order valence-corrected chi connectivity index (χ2v) is 2.69. The third-order valence-electron chi connectivity index (χ3n) is 1.74. The molecule has 1 unspecified atom stereocenters. The van der Waals surface area contributed by atoms with E-state index in [1.54, 1.807) is 11.4 Å². The van der Waals surface area contributed by atoms with E-state index in [9.17, 15) is 18.0 Å². The van der Waals surface area contributed by atoms with Gasteiger partial charge in [-0.25, -0.2) is 4.79 Å². The van der Waals surface area contributed by atoms with Gasteiger partial charge in [0.15, 0.2) is 0 Å². The van der Waals surface area contributed by atoms with Gasteiger partial charge in [-0.15, -0.1) is 0 Å². The molecule has 0 fully saturated rings. The van der Waals surface area contributed by atoms with Crippen LogP contribution in [0.1, 0.15) is 0 Å². The third kappa shape index (κ3) is 1.79. The fraction of sp³-hybridized carbons (Fsp3) is 0.429. The van der Waals surface area contributed by atoms with Gasteiger partial charge in [-0.2, -0.15) is 18.4 Å². The van der Waals surface area contributed by atoms with Crippen LogP contribution < -0.4 is 5.32 Å². The summed E-state index contributed by atoms with van der Waals surface area (Å²) < 4.78 is 36.4. The number of hydrogen-bond donors (Lipinski definition) is 1. The van der Waals surface area contributed by atoms with E-state index < -0.39 is 23.9 Å². The first-order chi connectivity index (χ1) is 6.36. The molecule has 0 saturated carbocycles. The number of nitrogens with one attached hydrogen (secondary N) is 1. The number of halogens is 3. The fourth-order valence-corrected chi connectivity index (χ4v) is 0.930. The van der Waals surface area contributed by atoms with Gasteiger partial charge >= 0.3 is 12.2 Å². The Bertz CT molecular complexity index is 328. The molecule has 0 saturated heterocycles. The Morgan fingerprint density at radius 2 is 2.21 bits per heavy atom. The van der Waals surface area contributed by atoms with Crippen molar-refractivity contribution >= 4 is 6.03 Å². The highest BCUT2D eigenvalue weighted by molar-refractivity contribution is 5.78. The fourth-order valence-electron chi connectivity index (χ4n) is 0.930.